The lowest BCUT2D eigenvalue weighted by Gasteiger charge is -2.20. The molecule has 2 atom stereocenters. The molecule has 28 heavy (non-hydrogen) atoms. The fourth-order valence-corrected chi connectivity index (χ4v) is 4.01. The number of benzene rings is 1. The summed E-state index contributed by atoms with van der Waals surface area (Å²) in [6.07, 6.45) is 9.19. The zero-order valence-corrected chi connectivity index (χ0v) is 15.7. The third-order valence-electron chi connectivity index (χ3n) is 5.50. The highest BCUT2D eigenvalue weighted by Crippen LogP contribution is 2.36. The second-order valence-electron chi connectivity index (χ2n) is 7.49. The predicted molar refractivity (Wildman–Crippen MR) is 99.5 cm³/mol. The van der Waals surface area contributed by atoms with Gasteiger partial charge in [0.2, 0.25) is 6.33 Å². The number of aryl methyl sites for hydroxylation is 1. The smallest absolute Gasteiger partial charge is 0.312 e. The van der Waals surface area contributed by atoms with Crippen LogP contribution in [0.4, 0.5) is 0 Å². The van der Waals surface area contributed by atoms with Crippen LogP contribution >= 0.6 is 0 Å². The summed E-state index contributed by atoms with van der Waals surface area (Å²) < 4.78 is 3.97. The number of rotatable bonds is 4. The number of ketones is 2. The topological polar surface area (TPSA) is 81.6 Å². The number of aromatic nitrogens is 2. The van der Waals surface area contributed by atoms with Crippen molar-refractivity contribution < 1.29 is 23.8 Å². The number of imidazole rings is 1. The van der Waals surface area contributed by atoms with Crippen molar-refractivity contribution >= 4 is 23.2 Å². The fraction of sp³-hybridized carbons (Fsp3) is 0.381. The molecule has 0 N–H and O–H groups in total. The average Bonchev–Trinajstić information content (AvgIpc) is 3.22. The van der Waals surface area contributed by atoms with Crippen LogP contribution in [-0.2, 0) is 28.0 Å². The minimum atomic E-state index is -0.679. The Hall–Kier alpha value is -3.09. The van der Waals surface area contributed by atoms with E-state index in [1.807, 2.05) is 47.0 Å². The Morgan fingerprint density at radius 2 is 1.79 bits per heavy atom. The van der Waals surface area contributed by atoms with E-state index in [2.05, 4.69) is 5.16 Å². The van der Waals surface area contributed by atoms with Crippen molar-refractivity contribution in [3.63, 3.8) is 0 Å². The molecule has 2 aliphatic rings. The normalized spacial score (nSPS) is 21.5. The molecule has 7 nitrogen and oxygen atoms in total. The van der Waals surface area contributed by atoms with E-state index < -0.39 is 5.97 Å². The van der Waals surface area contributed by atoms with E-state index in [1.165, 1.54) is 0 Å². The van der Waals surface area contributed by atoms with Crippen LogP contribution in [0, 0.1) is 11.8 Å². The standard InChI is InChI=1S/C21H22N3O4/c1-23-10-11-24(13-23)12-14-6-8-15(9-7-14)21(27)28-22-18-19(25)16-4-2-3-5-17(16)20(18)26/h6-11,13,16-17H,2-5,12H2,1H3/q+1. The molecule has 0 radical (unpaired) electrons. The molecular formula is C21H22N3O4+. The van der Waals surface area contributed by atoms with Crippen molar-refractivity contribution in [3.05, 3.63) is 54.1 Å². The maximum Gasteiger partial charge on any atom is 0.365 e. The summed E-state index contributed by atoms with van der Waals surface area (Å²) in [6, 6.07) is 6.98. The number of Topliss-reactive ketones (excluding diaryl/α,β-unsaturated/α-hetero) is 2. The number of hydrogen-bond acceptors (Lipinski definition) is 5. The number of carbonyl (C=O) groups excluding carboxylic acids is 3. The summed E-state index contributed by atoms with van der Waals surface area (Å²) in [5.74, 6) is -1.81. The van der Waals surface area contributed by atoms with Gasteiger partial charge in [-0.15, -0.1) is 0 Å². The van der Waals surface area contributed by atoms with Crippen LogP contribution in [0.3, 0.4) is 0 Å². The van der Waals surface area contributed by atoms with Gasteiger partial charge in [0.05, 0.1) is 12.6 Å². The maximum absolute atomic E-state index is 12.4. The minimum Gasteiger partial charge on any atom is -0.312 e. The van der Waals surface area contributed by atoms with Crippen LogP contribution < -0.4 is 4.57 Å². The summed E-state index contributed by atoms with van der Waals surface area (Å²) >= 11 is 0. The summed E-state index contributed by atoms with van der Waals surface area (Å²) in [5.41, 5.74) is 1.15. The van der Waals surface area contributed by atoms with Gasteiger partial charge in [-0.2, -0.15) is 0 Å². The SMILES string of the molecule is C[n+]1ccn(Cc2ccc(C(=O)ON=C3C(=O)C4CCCCC4C3=O)cc2)c1. The summed E-state index contributed by atoms with van der Waals surface area (Å²) in [4.78, 5) is 41.9. The van der Waals surface area contributed by atoms with Crippen molar-refractivity contribution in [2.45, 2.75) is 32.2 Å². The first kappa shape index (κ1) is 18.3. The van der Waals surface area contributed by atoms with Crippen LogP contribution in [0.25, 0.3) is 0 Å². The highest BCUT2D eigenvalue weighted by molar-refractivity contribution is 6.70. The van der Waals surface area contributed by atoms with Gasteiger partial charge in [0.1, 0.15) is 18.9 Å². The number of nitrogens with zero attached hydrogens (tertiary/aromatic N) is 3. The van der Waals surface area contributed by atoms with Gasteiger partial charge in [-0.05, 0) is 30.5 Å². The van der Waals surface area contributed by atoms with Gasteiger partial charge >= 0.3 is 5.97 Å². The first-order valence-electron chi connectivity index (χ1n) is 9.50. The molecule has 144 valence electrons. The lowest BCUT2D eigenvalue weighted by atomic mass is 9.81. The van der Waals surface area contributed by atoms with E-state index in [4.69, 9.17) is 4.84 Å². The lowest BCUT2D eigenvalue weighted by Crippen LogP contribution is -2.23. The highest BCUT2D eigenvalue weighted by Gasteiger charge is 2.48. The molecular weight excluding hydrogens is 358 g/mol. The van der Waals surface area contributed by atoms with Gasteiger partial charge in [0.25, 0.3) is 0 Å². The Balaban J connectivity index is 1.41. The second kappa shape index (κ2) is 7.50. The second-order valence-corrected chi connectivity index (χ2v) is 7.49. The van der Waals surface area contributed by atoms with Crippen molar-refractivity contribution in [1.29, 1.82) is 0 Å². The van der Waals surface area contributed by atoms with E-state index in [-0.39, 0.29) is 29.1 Å². The first-order valence-corrected chi connectivity index (χ1v) is 9.50. The molecule has 0 bridgehead atoms. The van der Waals surface area contributed by atoms with E-state index in [1.54, 1.807) is 12.1 Å². The summed E-state index contributed by atoms with van der Waals surface area (Å²) in [6.45, 7) is 0.685. The van der Waals surface area contributed by atoms with Crippen molar-refractivity contribution in [3.8, 4) is 0 Å². The van der Waals surface area contributed by atoms with Gasteiger partial charge in [0.15, 0.2) is 17.3 Å². The molecule has 0 aliphatic heterocycles. The molecule has 4 rings (SSSR count). The predicted octanol–water partition coefficient (Wildman–Crippen LogP) is 1.83. The largest absolute Gasteiger partial charge is 0.365 e. The first-order chi connectivity index (χ1) is 13.5. The Morgan fingerprint density at radius 1 is 1.14 bits per heavy atom. The Morgan fingerprint density at radius 3 is 2.36 bits per heavy atom. The molecule has 2 aliphatic carbocycles. The Kier molecular flexibility index (Phi) is 4.90. The average molecular weight is 380 g/mol. The van der Waals surface area contributed by atoms with Crippen molar-refractivity contribution in [2.24, 2.45) is 24.0 Å². The highest BCUT2D eigenvalue weighted by atomic mass is 16.7. The van der Waals surface area contributed by atoms with Gasteiger partial charge in [-0.1, -0.05) is 30.1 Å². The zero-order valence-electron chi connectivity index (χ0n) is 15.7. The van der Waals surface area contributed by atoms with E-state index in [0.717, 1.165) is 18.4 Å². The molecule has 1 aromatic heterocycles. The summed E-state index contributed by atoms with van der Waals surface area (Å²) in [7, 11) is 1.95. The molecule has 2 aromatic rings. The number of hydrogen-bond donors (Lipinski definition) is 0. The van der Waals surface area contributed by atoms with Crippen LogP contribution in [-0.4, -0.2) is 27.8 Å². The number of carbonyl (C=O) groups is 3. The van der Waals surface area contributed by atoms with Crippen LogP contribution in [0.15, 0.2) is 48.1 Å². The van der Waals surface area contributed by atoms with Crippen molar-refractivity contribution in [1.82, 2.24) is 4.57 Å². The molecule has 2 saturated carbocycles. The Labute approximate surface area is 162 Å². The number of fused-ring (bicyclic) bond motifs is 1. The number of oxime groups is 1. The van der Waals surface area contributed by atoms with Crippen LogP contribution in [0.5, 0.6) is 0 Å². The molecule has 1 aromatic carbocycles. The molecule has 2 unspecified atom stereocenters. The van der Waals surface area contributed by atoms with Gasteiger partial charge < -0.3 is 4.84 Å². The molecule has 0 amide bonds. The monoisotopic (exact) mass is 380 g/mol. The van der Waals surface area contributed by atoms with Gasteiger partial charge in [0, 0.05) is 11.8 Å². The quantitative estimate of drug-likeness (QED) is 0.460. The van der Waals surface area contributed by atoms with Gasteiger partial charge in [-0.3, -0.25) is 9.59 Å². The van der Waals surface area contributed by atoms with E-state index >= 15 is 0 Å². The molecule has 7 heteroatoms. The zero-order chi connectivity index (χ0) is 19.7. The molecule has 1 heterocycles. The minimum absolute atomic E-state index is 0.206. The molecule has 0 saturated heterocycles. The van der Waals surface area contributed by atoms with Gasteiger partial charge in [-0.25, -0.2) is 13.9 Å². The molecule has 0 spiro atoms. The van der Waals surface area contributed by atoms with E-state index in [9.17, 15) is 14.4 Å². The van der Waals surface area contributed by atoms with E-state index in [0.29, 0.717) is 24.9 Å². The van der Waals surface area contributed by atoms with Crippen molar-refractivity contribution in [2.75, 3.05) is 0 Å². The molecule has 2 fully saturated rings. The third kappa shape index (κ3) is 3.52. The summed E-state index contributed by atoms with van der Waals surface area (Å²) in [5, 5.41) is 3.64. The fourth-order valence-electron chi connectivity index (χ4n) is 4.01. The third-order valence-corrected chi connectivity index (χ3v) is 5.50. The Bertz CT molecular complexity index is 932. The van der Waals surface area contributed by atoms with Crippen LogP contribution in [0.2, 0.25) is 0 Å². The maximum atomic E-state index is 12.4. The van der Waals surface area contributed by atoms with Crippen LogP contribution in [0.1, 0.15) is 41.6 Å². The lowest BCUT2D eigenvalue weighted by molar-refractivity contribution is -0.671.